The van der Waals surface area contributed by atoms with Crippen molar-refractivity contribution in [3.63, 3.8) is 0 Å². The molecular formula is C6H8N2O+2. The summed E-state index contributed by atoms with van der Waals surface area (Å²) in [6.07, 6.45) is 0. The first kappa shape index (κ1) is 6.07. The number of hydrogen-bond donors (Lipinski definition) is 0. The normalized spacial score (nSPS) is 21.2. The summed E-state index contributed by atoms with van der Waals surface area (Å²) in [7, 11) is 1.63. The van der Waals surface area contributed by atoms with Crippen molar-refractivity contribution in [2.75, 3.05) is 20.3 Å². The molecule has 1 heterocycles. The summed E-state index contributed by atoms with van der Waals surface area (Å²) in [5.41, 5.74) is 0. The third-order valence-corrected chi connectivity index (χ3v) is 0.962. The van der Waals surface area contributed by atoms with Gasteiger partial charge in [-0.1, -0.05) is 4.85 Å². The van der Waals surface area contributed by atoms with Crippen LogP contribution < -0.4 is 0 Å². The van der Waals surface area contributed by atoms with Crippen molar-refractivity contribution in [3.8, 4) is 12.1 Å². The minimum absolute atomic E-state index is 0.0243. The zero-order valence-electron chi connectivity index (χ0n) is 5.29. The standard InChI is InChI=1S/C6H8N2O/c1-9-5-6-4-7-2-3-8-6/h6H,2,5H2,1H3/q+2. The van der Waals surface area contributed by atoms with Gasteiger partial charge in [0.15, 0.2) is 0 Å². The van der Waals surface area contributed by atoms with E-state index in [4.69, 9.17) is 4.74 Å². The molecule has 1 rings (SSSR count). The molecule has 9 heavy (non-hydrogen) atoms. The van der Waals surface area contributed by atoms with Crippen LogP contribution in [0.3, 0.4) is 0 Å². The number of nitrogens with zero attached hydrogens (tertiary/aromatic N) is 2. The van der Waals surface area contributed by atoms with Crippen LogP contribution in [0.4, 0.5) is 0 Å². The first-order valence-electron chi connectivity index (χ1n) is 2.77. The van der Waals surface area contributed by atoms with Crippen molar-refractivity contribution in [2.24, 2.45) is 0 Å². The van der Waals surface area contributed by atoms with Crippen molar-refractivity contribution in [2.45, 2.75) is 6.04 Å². The molecule has 0 N–H and O–H groups in total. The minimum Gasteiger partial charge on any atom is -0.375 e. The molecule has 1 unspecified atom stereocenters. The maximum Gasteiger partial charge on any atom is 0.421 e. The summed E-state index contributed by atoms with van der Waals surface area (Å²) < 4.78 is 4.83. The van der Waals surface area contributed by atoms with Gasteiger partial charge < -0.3 is 4.74 Å². The van der Waals surface area contributed by atoms with E-state index in [0.29, 0.717) is 13.2 Å². The van der Waals surface area contributed by atoms with Gasteiger partial charge in [-0.15, -0.1) is 0 Å². The summed E-state index contributed by atoms with van der Waals surface area (Å²) in [4.78, 5) is 7.78. The topological polar surface area (TPSA) is 17.9 Å². The maximum atomic E-state index is 4.83. The first-order valence-corrected chi connectivity index (χ1v) is 2.77. The van der Waals surface area contributed by atoms with Gasteiger partial charge in [-0.2, -0.15) is 0 Å². The molecule has 0 spiro atoms. The van der Waals surface area contributed by atoms with E-state index in [0.717, 1.165) is 0 Å². The molecule has 0 fully saturated rings. The predicted octanol–water partition coefficient (Wildman–Crippen LogP) is 0.681. The second kappa shape index (κ2) is 3.06. The van der Waals surface area contributed by atoms with E-state index >= 15 is 0 Å². The van der Waals surface area contributed by atoms with Gasteiger partial charge in [0.2, 0.25) is 0 Å². The lowest BCUT2D eigenvalue weighted by atomic mass is 10.3. The van der Waals surface area contributed by atoms with Crippen LogP contribution in [0.25, 0.3) is 9.69 Å². The van der Waals surface area contributed by atoms with Gasteiger partial charge >= 0.3 is 24.7 Å². The molecular weight excluding hydrogens is 116 g/mol. The Morgan fingerprint density at radius 2 is 2.67 bits per heavy atom. The second-order valence-corrected chi connectivity index (χ2v) is 1.70. The van der Waals surface area contributed by atoms with E-state index in [9.17, 15) is 0 Å². The van der Waals surface area contributed by atoms with E-state index in [1.165, 1.54) is 0 Å². The Hall–Kier alpha value is -1.06. The summed E-state index contributed by atoms with van der Waals surface area (Å²) in [5, 5.41) is 0. The van der Waals surface area contributed by atoms with Gasteiger partial charge in [-0.05, 0) is 4.85 Å². The first-order chi connectivity index (χ1) is 4.43. The van der Waals surface area contributed by atoms with E-state index in [1.807, 2.05) is 0 Å². The van der Waals surface area contributed by atoms with E-state index in [1.54, 1.807) is 7.11 Å². The van der Waals surface area contributed by atoms with Gasteiger partial charge in [0, 0.05) is 7.11 Å². The third-order valence-electron chi connectivity index (χ3n) is 0.962. The molecule has 3 nitrogen and oxygen atoms in total. The Morgan fingerprint density at radius 3 is 3.22 bits per heavy atom. The SMILES string of the molecule is COCC1C#[N+]CC#[N+]1. The van der Waals surface area contributed by atoms with E-state index < -0.39 is 0 Å². The summed E-state index contributed by atoms with van der Waals surface area (Å²) >= 11 is 0. The monoisotopic (exact) mass is 124 g/mol. The molecule has 1 atom stereocenters. The average Bonchev–Trinajstić information content (AvgIpc) is 1.91. The molecule has 3 heteroatoms. The fraction of sp³-hybridized carbons (Fsp3) is 0.667. The van der Waals surface area contributed by atoms with Crippen LogP contribution in [0, 0.1) is 12.1 Å². The fourth-order valence-electron chi connectivity index (χ4n) is 0.599. The van der Waals surface area contributed by atoms with Crippen molar-refractivity contribution in [3.05, 3.63) is 9.69 Å². The summed E-state index contributed by atoms with van der Waals surface area (Å²) in [5.74, 6) is 0. The maximum absolute atomic E-state index is 4.83. The highest BCUT2D eigenvalue weighted by Crippen LogP contribution is 1.93. The van der Waals surface area contributed by atoms with Gasteiger partial charge in [0.1, 0.15) is 6.61 Å². The van der Waals surface area contributed by atoms with Gasteiger partial charge in [-0.25, -0.2) is 0 Å². The molecule has 46 valence electrons. The molecule has 0 saturated carbocycles. The van der Waals surface area contributed by atoms with Crippen LogP contribution in [0.1, 0.15) is 0 Å². The predicted molar refractivity (Wildman–Crippen MR) is 35.0 cm³/mol. The van der Waals surface area contributed by atoms with E-state index in [2.05, 4.69) is 21.8 Å². The lowest BCUT2D eigenvalue weighted by molar-refractivity contribution is 0.201. The molecule has 0 aromatic rings. The lowest BCUT2D eigenvalue weighted by Gasteiger charge is -1.84. The quantitative estimate of drug-likeness (QED) is 0.495. The Kier molecular flexibility index (Phi) is 2.06. The van der Waals surface area contributed by atoms with Crippen molar-refractivity contribution in [1.82, 2.24) is 0 Å². The van der Waals surface area contributed by atoms with Crippen molar-refractivity contribution < 1.29 is 4.74 Å². The van der Waals surface area contributed by atoms with E-state index in [-0.39, 0.29) is 6.04 Å². The Balaban J connectivity index is 2.40. The molecule has 0 bridgehead atoms. The minimum atomic E-state index is -0.0243. The van der Waals surface area contributed by atoms with Crippen LogP contribution in [0.2, 0.25) is 0 Å². The van der Waals surface area contributed by atoms with Gasteiger partial charge in [0.05, 0.1) is 0 Å². The van der Waals surface area contributed by atoms with Gasteiger partial charge in [-0.3, -0.25) is 0 Å². The lowest BCUT2D eigenvalue weighted by Crippen LogP contribution is -2.08. The highest BCUT2D eigenvalue weighted by molar-refractivity contribution is 5.17. The van der Waals surface area contributed by atoms with Crippen molar-refractivity contribution in [1.29, 1.82) is 0 Å². The number of hydrogen-bond acceptors (Lipinski definition) is 1. The molecule has 0 aromatic carbocycles. The van der Waals surface area contributed by atoms with Crippen LogP contribution in [-0.4, -0.2) is 26.3 Å². The number of rotatable bonds is 2. The second-order valence-electron chi connectivity index (χ2n) is 1.70. The van der Waals surface area contributed by atoms with Gasteiger partial charge in [0.25, 0.3) is 0 Å². The molecule has 0 aliphatic carbocycles. The van der Waals surface area contributed by atoms with Crippen molar-refractivity contribution >= 4 is 0 Å². The van der Waals surface area contributed by atoms with Crippen LogP contribution in [0.15, 0.2) is 0 Å². The van der Waals surface area contributed by atoms with Crippen LogP contribution >= 0.6 is 0 Å². The Labute approximate surface area is 53.9 Å². The zero-order chi connectivity index (χ0) is 6.53. The molecule has 1 aliphatic rings. The van der Waals surface area contributed by atoms with Crippen LogP contribution in [-0.2, 0) is 4.74 Å². The highest BCUT2D eigenvalue weighted by Gasteiger charge is 2.23. The zero-order valence-corrected chi connectivity index (χ0v) is 5.29. The Bertz CT molecular complexity index is 183. The highest BCUT2D eigenvalue weighted by atomic mass is 16.5. The molecule has 0 amide bonds. The molecule has 0 saturated heterocycles. The third kappa shape index (κ3) is 1.71. The number of ether oxygens (including phenoxy) is 1. The van der Waals surface area contributed by atoms with Crippen LogP contribution in [0.5, 0.6) is 0 Å². The molecule has 0 radical (unpaired) electrons. The summed E-state index contributed by atoms with van der Waals surface area (Å²) in [6.45, 7) is 1.09. The number of methoxy groups -OCH3 is 1. The summed E-state index contributed by atoms with van der Waals surface area (Å²) in [6, 6.07) is 5.50. The average molecular weight is 124 g/mol. The largest absolute Gasteiger partial charge is 0.421 e. The Morgan fingerprint density at radius 1 is 1.78 bits per heavy atom. The molecule has 1 aliphatic heterocycles. The molecule has 0 aromatic heterocycles. The fourth-order valence-corrected chi connectivity index (χ4v) is 0.599. The smallest absolute Gasteiger partial charge is 0.375 e.